The van der Waals surface area contributed by atoms with Gasteiger partial charge in [-0.15, -0.1) is 0 Å². The van der Waals surface area contributed by atoms with E-state index in [-0.39, 0.29) is 11.0 Å². The van der Waals surface area contributed by atoms with Gasteiger partial charge in [-0.3, -0.25) is 4.79 Å². The zero-order valence-corrected chi connectivity index (χ0v) is 6.02. The second-order valence-corrected chi connectivity index (χ2v) is 2.63. The number of hydrogen-bond acceptors (Lipinski definition) is 2. The van der Waals surface area contributed by atoms with Crippen molar-refractivity contribution in [1.82, 2.24) is 0 Å². The van der Waals surface area contributed by atoms with Gasteiger partial charge in [0.1, 0.15) is 0 Å². The van der Waals surface area contributed by atoms with Crippen LogP contribution >= 0.6 is 11.8 Å². The monoisotopic (exact) mass is 140 g/mol. The lowest BCUT2D eigenvalue weighted by atomic mass is 10.2. The zero-order valence-electron chi connectivity index (χ0n) is 5.20. The van der Waals surface area contributed by atoms with Crippen molar-refractivity contribution in [2.75, 3.05) is 6.26 Å². The third-order valence-corrected chi connectivity index (χ3v) is 1.90. The standard InChI is InChI=1S/C7H8OS/c1-9-7(8)6-4-2-3-5-6/h2-6H,1H3. The molecule has 1 rings (SSSR count). The average Bonchev–Trinajstić information content (AvgIpc) is 2.37. The summed E-state index contributed by atoms with van der Waals surface area (Å²) in [5, 5.41) is 0.222. The quantitative estimate of drug-likeness (QED) is 0.550. The summed E-state index contributed by atoms with van der Waals surface area (Å²) in [5.41, 5.74) is 0. The number of carbonyl (C=O) groups excluding carboxylic acids is 1. The van der Waals surface area contributed by atoms with Gasteiger partial charge in [-0.2, -0.15) is 0 Å². The van der Waals surface area contributed by atoms with Crippen molar-refractivity contribution in [3.05, 3.63) is 24.3 Å². The molecule has 1 aliphatic rings. The van der Waals surface area contributed by atoms with E-state index in [9.17, 15) is 4.79 Å². The van der Waals surface area contributed by atoms with Crippen LogP contribution in [0.2, 0.25) is 0 Å². The van der Waals surface area contributed by atoms with E-state index < -0.39 is 0 Å². The lowest BCUT2D eigenvalue weighted by Gasteiger charge is -1.97. The smallest absolute Gasteiger partial charge is 0.199 e. The van der Waals surface area contributed by atoms with Crippen LogP contribution in [0.15, 0.2) is 24.3 Å². The van der Waals surface area contributed by atoms with E-state index in [1.54, 1.807) is 0 Å². The van der Waals surface area contributed by atoms with E-state index >= 15 is 0 Å². The molecule has 9 heavy (non-hydrogen) atoms. The second-order valence-electron chi connectivity index (χ2n) is 1.82. The van der Waals surface area contributed by atoms with Crippen molar-refractivity contribution in [2.45, 2.75) is 0 Å². The third-order valence-electron chi connectivity index (χ3n) is 1.22. The highest BCUT2D eigenvalue weighted by Crippen LogP contribution is 2.15. The summed E-state index contributed by atoms with van der Waals surface area (Å²) in [6, 6.07) is 0. The predicted molar refractivity (Wildman–Crippen MR) is 40.3 cm³/mol. The van der Waals surface area contributed by atoms with E-state index in [1.165, 1.54) is 11.8 Å². The van der Waals surface area contributed by atoms with Crippen LogP contribution in [0.3, 0.4) is 0 Å². The van der Waals surface area contributed by atoms with Gasteiger partial charge in [0.15, 0.2) is 5.12 Å². The van der Waals surface area contributed by atoms with Crippen LogP contribution in [0, 0.1) is 5.92 Å². The van der Waals surface area contributed by atoms with E-state index in [1.807, 2.05) is 30.6 Å². The fourth-order valence-electron chi connectivity index (χ4n) is 0.725. The molecule has 0 heterocycles. The van der Waals surface area contributed by atoms with E-state index in [0.29, 0.717) is 0 Å². The van der Waals surface area contributed by atoms with Crippen molar-refractivity contribution in [1.29, 1.82) is 0 Å². The van der Waals surface area contributed by atoms with Gasteiger partial charge in [-0.05, 0) is 6.26 Å². The summed E-state index contributed by atoms with van der Waals surface area (Å²) in [4.78, 5) is 10.9. The number of carbonyl (C=O) groups is 1. The Kier molecular flexibility index (Phi) is 2.11. The van der Waals surface area contributed by atoms with Gasteiger partial charge in [-0.25, -0.2) is 0 Å². The lowest BCUT2D eigenvalue weighted by molar-refractivity contribution is -0.112. The molecule has 0 aromatic rings. The number of thioether (sulfide) groups is 1. The van der Waals surface area contributed by atoms with Gasteiger partial charge in [0, 0.05) is 0 Å². The Balaban J connectivity index is 2.53. The summed E-state index contributed by atoms with van der Waals surface area (Å²) in [5.74, 6) is 0.0417. The summed E-state index contributed by atoms with van der Waals surface area (Å²) in [6.45, 7) is 0. The van der Waals surface area contributed by atoms with Crippen molar-refractivity contribution < 1.29 is 4.79 Å². The summed E-state index contributed by atoms with van der Waals surface area (Å²) >= 11 is 1.28. The fourth-order valence-corrected chi connectivity index (χ4v) is 1.15. The van der Waals surface area contributed by atoms with Crippen molar-refractivity contribution in [3.8, 4) is 0 Å². The molecular weight excluding hydrogens is 132 g/mol. The minimum Gasteiger partial charge on any atom is -0.286 e. The molecule has 48 valence electrons. The molecule has 2 heteroatoms. The fraction of sp³-hybridized carbons (Fsp3) is 0.286. The molecule has 0 radical (unpaired) electrons. The molecule has 0 atom stereocenters. The van der Waals surface area contributed by atoms with Crippen molar-refractivity contribution in [3.63, 3.8) is 0 Å². The van der Waals surface area contributed by atoms with Crippen molar-refractivity contribution >= 4 is 16.9 Å². The SMILES string of the molecule is CSC(=O)C1C=CC=C1. The number of hydrogen-bond donors (Lipinski definition) is 0. The summed E-state index contributed by atoms with van der Waals surface area (Å²) < 4.78 is 0. The summed E-state index contributed by atoms with van der Waals surface area (Å²) in [6.07, 6.45) is 9.41. The number of rotatable bonds is 1. The molecule has 0 unspecified atom stereocenters. The Labute approximate surface area is 58.8 Å². The van der Waals surface area contributed by atoms with Gasteiger partial charge in [0.2, 0.25) is 0 Å². The van der Waals surface area contributed by atoms with Gasteiger partial charge in [-0.1, -0.05) is 36.1 Å². The van der Waals surface area contributed by atoms with E-state index in [0.717, 1.165) is 0 Å². The lowest BCUT2D eigenvalue weighted by Crippen LogP contribution is -2.01. The molecule has 0 saturated heterocycles. The van der Waals surface area contributed by atoms with E-state index in [2.05, 4.69) is 0 Å². The largest absolute Gasteiger partial charge is 0.286 e. The van der Waals surface area contributed by atoms with Gasteiger partial charge in [0.05, 0.1) is 5.92 Å². The Bertz CT molecular complexity index is 158. The van der Waals surface area contributed by atoms with Crippen LogP contribution in [-0.4, -0.2) is 11.4 Å². The molecule has 0 saturated carbocycles. The minimum atomic E-state index is 0.0417. The zero-order chi connectivity index (χ0) is 6.69. The van der Waals surface area contributed by atoms with Crippen LogP contribution < -0.4 is 0 Å². The first-order valence-corrected chi connectivity index (χ1v) is 4.00. The molecule has 0 N–H and O–H groups in total. The van der Waals surface area contributed by atoms with Crippen LogP contribution in [0.5, 0.6) is 0 Å². The molecule has 1 nitrogen and oxygen atoms in total. The molecule has 0 fully saturated rings. The first-order chi connectivity index (χ1) is 4.34. The molecule has 0 spiro atoms. The average molecular weight is 140 g/mol. The molecule has 0 bridgehead atoms. The molecule has 0 aromatic heterocycles. The Morgan fingerprint density at radius 1 is 1.44 bits per heavy atom. The molecule has 0 amide bonds. The Hall–Kier alpha value is -0.500. The topological polar surface area (TPSA) is 17.1 Å². The third kappa shape index (κ3) is 1.45. The highest BCUT2D eigenvalue weighted by Gasteiger charge is 2.11. The molecule has 0 aliphatic heterocycles. The van der Waals surface area contributed by atoms with Gasteiger partial charge < -0.3 is 0 Å². The maximum absolute atomic E-state index is 10.9. The van der Waals surface area contributed by atoms with Crippen molar-refractivity contribution in [2.24, 2.45) is 5.92 Å². The molecule has 0 aromatic carbocycles. The first-order valence-electron chi connectivity index (χ1n) is 2.77. The first kappa shape index (κ1) is 6.62. The molecular formula is C7H8OS. The highest BCUT2D eigenvalue weighted by atomic mass is 32.2. The Morgan fingerprint density at radius 3 is 2.44 bits per heavy atom. The van der Waals surface area contributed by atoms with Gasteiger partial charge in [0.25, 0.3) is 0 Å². The summed E-state index contributed by atoms with van der Waals surface area (Å²) in [7, 11) is 0. The maximum Gasteiger partial charge on any atom is 0.199 e. The molecule has 1 aliphatic carbocycles. The van der Waals surface area contributed by atoms with Crippen LogP contribution in [0.4, 0.5) is 0 Å². The second kappa shape index (κ2) is 2.87. The highest BCUT2D eigenvalue weighted by molar-refractivity contribution is 8.13. The maximum atomic E-state index is 10.9. The normalized spacial score (nSPS) is 17.0. The number of allylic oxidation sites excluding steroid dienone is 4. The Morgan fingerprint density at radius 2 is 2.00 bits per heavy atom. The van der Waals surface area contributed by atoms with Crippen LogP contribution in [0.1, 0.15) is 0 Å². The van der Waals surface area contributed by atoms with E-state index in [4.69, 9.17) is 0 Å². The minimum absolute atomic E-state index is 0.0417. The predicted octanol–water partition coefficient (Wildman–Crippen LogP) is 1.62. The van der Waals surface area contributed by atoms with Crippen LogP contribution in [-0.2, 0) is 4.79 Å². The van der Waals surface area contributed by atoms with Gasteiger partial charge >= 0.3 is 0 Å². The van der Waals surface area contributed by atoms with Crippen LogP contribution in [0.25, 0.3) is 0 Å².